The number of halogens is 1. The third-order valence-corrected chi connectivity index (χ3v) is 5.15. The molecule has 30 heavy (non-hydrogen) atoms. The van der Waals surface area contributed by atoms with Crippen molar-refractivity contribution in [3.8, 4) is 11.5 Å². The predicted molar refractivity (Wildman–Crippen MR) is 110 cm³/mol. The van der Waals surface area contributed by atoms with Gasteiger partial charge in [-0.05, 0) is 37.8 Å². The molecule has 4 heterocycles. The number of carbonyl (C=O) groups is 1. The number of nitrogens with zero attached hydrogens (tertiary/aromatic N) is 4. The molecule has 3 aromatic heterocycles. The fourth-order valence-electron chi connectivity index (χ4n) is 3.65. The number of amides is 2. The number of imidazole rings is 1. The molecule has 0 radical (unpaired) electrons. The van der Waals surface area contributed by atoms with Gasteiger partial charge in [0, 0.05) is 44.5 Å². The largest absolute Gasteiger partial charge is 0.368 e. The molecule has 0 spiro atoms. The first-order chi connectivity index (χ1) is 14.6. The quantitative estimate of drug-likeness (QED) is 0.535. The Balaban J connectivity index is 1.31. The van der Waals surface area contributed by atoms with Crippen LogP contribution >= 0.6 is 0 Å². The van der Waals surface area contributed by atoms with Crippen molar-refractivity contribution < 1.29 is 13.7 Å². The van der Waals surface area contributed by atoms with Gasteiger partial charge in [-0.25, -0.2) is 14.8 Å². The van der Waals surface area contributed by atoms with Crippen molar-refractivity contribution >= 4 is 17.5 Å². The smallest absolute Gasteiger partial charge is 0.320 e. The van der Waals surface area contributed by atoms with Crippen LogP contribution in [0.3, 0.4) is 0 Å². The Morgan fingerprint density at radius 2 is 2.20 bits per heavy atom. The highest BCUT2D eigenvalue weighted by molar-refractivity contribution is 5.88. The van der Waals surface area contributed by atoms with Crippen LogP contribution in [0, 0.1) is 11.9 Å². The summed E-state index contributed by atoms with van der Waals surface area (Å²) < 4.78 is 19.9. The van der Waals surface area contributed by atoms with Crippen LogP contribution in [0.5, 0.6) is 0 Å². The molecule has 3 aromatic rings. The molecular weight excluding hydrogens is 389 g/mol. The van der Waals surface area contributed by atoms with Crippen molar-refractivity contribution in [2.24, 2.45) is 5.92 Å². The standard InChI is InChI=1S/C20H24FN7O2/c1-2-22-20(29)26-17-12-14(30-27-17)11-13-5-9-28(10-6-13)16-4-3-15(25-18(16)21)19-23-7-8-24-19/h3-4,7-8,12-13H,2,5-6,9-11H2,1H3,(H,23,24)(H2,22,26,27,29). The topological polar surface area (TPSA) is 112 Å². The second kappa shape index (κ2) is 8.93. The van der Waals surface area contributed by atoms with Crippen LogP contribution in [0.4, 0.5) is 20.7 Å². The summed E-state index contributed by atoms with van der Waals surface area (Å²) >= 11 is 0. The molecule has 10 heteroatoms. The van der Waals surface area contributed by atoms with Crippen LogP contribution in [0.15, 0.2) is 35.1 Å². The van der Waals surface area contributed by atoms with E-state index in [0.29, 0.717) is 35.5 Å². The van der Waals surface area contributed by atoms with Crippen LogP contribution in [-0.2, 0) is 6.42 Å². The molecule has 0 aliphatic carbocycles. The molecule has 4 rings (SSSR count). The van der Waals surface area contributed by atoms with E-state index in [-0.39, 0.29) is 6.03 Å². The molecule has 158 valence electrons. The molecule has 1 aliphatic rings. The van der Waals surface area contributed by atoms with Gasteiger partial charge in [-0.2, -0.15) is 4.39 Å². The third-order valence-electron chi connectivity index (χ3n) is 5.15. The molecular formula is C20H24FN7O2. The van der Waals surface area contributed by atoms with Crippen LogP contribution in [0.2, 0.25) is 0 Å². The number of anilines is 2. The summed E-state index contributed by atoms with van der Waals surface area (Å²) in [6.07, 6.45) is 5.83. The minimum absolute atomic E-state index is 0.306. The summed E-state index contributed by atoms with van der Waals surface area (Å²) in [6.45, 7) is 3.86. The molecule has 0 unspecified atom stereocenters. The summed E-state index contributed by atoms with van der Waals surface area (Å²) in [5.41, 5.74) is 0.996. The van der Waals surface area contributed by atoms with E-state index in [0.717, 1.165) is 38.1 Å². The summed E-state index contributed by atoms with van der Waals surface area (Å²) in [7, 11) is 0. The van der Waals surface area contributed by atoms with Gasteiger partial charge in [0.05, 0.1) is 5.69 Å². The summed E-state index contributed by atoms with van der Waals surface area (Å²) in [6, 6.07) is 4.98. The van der Waals surface area contributed by atoms with E-state index in [1.54, 1.807) is 30.6 Å². The van der Waals surface area contributed by atoms with Crippen LogP contribution in [0.1, 0.15) is 25.5 Å². The third kappa shape index (κ3) is 4.58. The molecule has 3 N–H and O–H groups in total. The van der Waals surface area contributed by atoms with Gasteiger partial charge in [-0.1, -0.05) is 5.16 Å². The fraction of sp³-hybridized carbons (Fsp3) is 0.400. The lowest BCUT2D eigenvalue weighted by Gasteiger charge is -2.33. The van der Waals surface area contributed by atoms with Gasteiger partial charge < -0.3 is 19.7 Å². The van der Waals surface area contributed by atoms with Crippen LogP contribution < -0.4 is 15.5 Å². The zero-order valence-corrected chi connectivity index (χ0v) is 16.7. The molecule has 0 aromatic carbocycles. The molecule has 0 atom stereocenters. The Bertz CT molecular complexity index is 981. The Morgan fingerprint density at radius 3 is 2.90 bits per heavy atom. The highest BCUT2D eigenvalue weighted by Crippen LogP contribution is 2.28. The fourth-order valence-corrected chi connectivity index (χ4v) is 3.65. The van der Waals surface area contributed by atoms with Gasteiger partial charge in [-0.3, -0.25) is 5.32 Å². The summed E-state index contributed by atoms with van der Waals surface area (Å²) in [5.74, 6) is 1.60. The van der Waals surface area contributed by atoms with Crippen LogP contribution in [-0.4, -0.2) is 45.8 Å². The number of aromatic nitrogens is 4. The number of aromatic amines is 1. The maximum absolute atomic E-state index is 14.6. The van der Waals surface area contributed by atoms with E-state index in [9.17, 15) is 9.18 Å². The highest BCUT2D eigenvalue weighted by atomic mass is 19.1. The van der Waals surface area contributed by atoms with E-state index >= 15 is 0 Å². The Morgan fingerprint density at radius 1 is 1.37 bits per heavy atom. The monoisotopic (exact) mass is 413 g/mol. The van der Waals surface area contributed by atoms with Crippen molar-refractivity contribution in [3.63, 3.8) is 0 Å². The number of nitrogens with one attached hydrogen (secondary N) is 3. The molecule has 9 nitrogen and oxygen atoms in total. The van der Waals surface area contributed by atoms with Crippen LogP contribution in [0.25, 0.3) is 11.5 Å². The lowest BCUT2D eigenvalue weighted by Crippen LogP contribution is -2.35. The molecule has 1 fully saturated rings. The predicted octanol–water partition coefficient (Wildman–Crippen LogP) is 3.20. The van der Waals surface area contributed by atoms with Gasteiger partial charge in [0.25, 0.3) is 0 Å². The Hall–Kier alpha value is -3.43. The van der Waals surface area contributed by atoms with E-state index in [1.165, 1.54) is 0 Å². The van der Waals surface area contributed by atoms with Gasteiger partial charge >= 0.3 is 6.03 Å². The number of urea groups is 1. The Kier molecular flexibility index (Phi) is 5.92. The van der Waals surface area contributed by atoms with Gasteiger partial charge in [0.1, 0.15) is 11.5 Å². The van der Waals surface area contributed by atoms with Gasteiger partial charge in [-0.15, -0.1) is 0 Å². The first kappa shape index (κ1) is 19.9. The zero-order valence-electron chi connectivity index (χ0n) is 16.7. The van der Waals surface area contributed by atoms with Crippen molar-refractivity contribution in [3.05, 3.63) is 42.3 Å². The number of hydrogen-bond donors (Lipinski definition) is 3. The van der Waals surface area contributed by atoms with E-state index in [1.807, 2.05) is 11.8 Å². The molecule has 0 saturated carbocycles. The minimum atomic E-state index is -0.487. The average molecular weight is 413 g/mol. The van der Waals surface area contributed by atoms with Crippen molar-refractivity contribution in [2.75, 3.05) is 29.9 Å². The van der Waals surface area contributed by atoms with E-state index in [4.69, 9.17) is 4.52 Å². The first-order valence-corrected chi connectivity index (χ1v) is 10.0. The summed E-state index contributed by atoms with van der Waals surface area (Å²) in [4.78, 5) is 24.7. The number of H-pyrrole nitrogens is 1. The Labute approximate surface area is 173 Å². The van der Waals surface area contributed by atoms with Crippen molar-refractivity contribution in [2.45, 2.75) is 26.2 Å². The second-order valence-electron chi connectivity index (χ2n) is 7.24. The van der Waals surface area contributed by atoms with Crippen molar-refractivity contribution in [1.29, 1.82) is 0 Å². The van der Waals surface area contributed by atoms with Gasteiger partial charge in [0.2, 0.25) is 5.95 Å². The minimum Gasteiger partial charge on any atom is -0.368 e. The number of pyridine rings is 1. The molecule has 0 bridgehead atoms. The molecule has 1 saturated heterocycles. The maximum Gasteiger partial charge on any atom is 0.320 e. The van der Waals surface area contributed by atoms with Crippen molar-refractivity contribution in [1.82, 2.24) is 25.4 Å². The van der Waals surface area contributed by atoms with E-state index in [2.05, 4.69) is 30.7 Å². The molecule has 1 aliphatic heterocycles. The van der Waals surface area contributed by atoms with Gasteiger partial charge in [0.15, 0.2) is 11.6 Å². The molecule has 2 amide bonds. The first-order valence-electron chi connectivity index (χ1n) is 10.0. The number of piperidine rings is 1. The normalized spacial score (nSPS) is 14.7. The van der Waals surface area contributed by atoms with E-state index < -0.39 is 5.95 Å². The second-order valence-corrected chi connectivity index (χ2v) is 7.24. The highest BCUT2D eigenvalue weighted by Gasteiger charge is 2.24. The average Bonchev–Trinajstić information content (AvgIpc) is 3.41. The zero-order chi connectivity index (χ0) is 20.9. The lowest BCUT2D eigenvalue weighted by atomic mass is 9.92. The number of hydrogen-bond acceptors (Lipinski definition) is 6. The lowest BCUT2D eigenvalue weighted by molar-refractivity contribution is 0.252. The number of rotatable bonds is 6. The number of carbonyl (C=O) groups excluding carboxylic acids is 1. The summed E-state index contributed by atoms with van der Waals surface area (Å²) in [5, 5.41) is 9.16. The SMILES string of the molecule is CCNC(=O)Nc1cc(CC2CCN(c3ccc(-c4ncc[nH]4)nc3F)CC2)on1. The maximum atomic E-state index is 14.6.